The molecule has 3 heterocycles. The van der Waals surface area contributed by atoms with Gasteiger partial charge in [0.1, 0.15) is 17.6 Å². The van der Waals surface area contributed by atoms with E-state index in [9.17, 15) is 0 Å². The molecule has 0 atom stereocenters. The van der Waals surface area contributed by atoms with Crippen LogP contribution in [0.5, 0.6) is 6.01 Å². The molecule has 1 aliphatic carbocycles. The molecule has 0 amide bonds. The normalized spacial score (nSPS) is 17.6. The minimum atomic E-state index is 0.0985. The highest BCUT2D eigenvalue weighted by atomic mass is 35.5. The van der Waals surface area contributed by atoms with Crippen molar-refractivity contribution in [1.82, 2.24) is 24.5 Å². The first kappa shape index (κ1) is 22.8. The van der Waals surface area contributed by atoms with E-state index < -0.39 is 0 Å². The van der Waals surface area contributed by atoms with Gasteiger partial charge in [-0.1, -0.05) is 72.8 Å². The number of aromatic nitrogens is 4. The van der Waals surface area contributed by atoms with E-state index >= 15 is 0 Å². The number of ether oxygens (including phenoxy) is 1. The van der Waals surface area contributed by atoms with Crippen LogP contribution < -0.4 is 4.74 Å². The van der Waals surface area contributed by atoms with Gasteiger partial charge in [-0.2, -0.15) is 14.6 Å². The van der Waals surface area contributed by atoms with Gasteiger partial charge in [-0.25, -0.2) is 4.98 Å². The standard InChI is InChI=1S/C27H27Cl2N5O/c1-17-30-26-24(18-11-13-19(28)14-12-18)25(22-9-5-6-10-23(22)29)32-34(26)27(31-17)35-21-15-33(16-21)20-7-3-2-4-8-20/h5-6,9-14,20-21H,2-4,7-8,15-16H2,1H3. The number of hydrogen-bond acceptors (Lipinski definition) is 5. The van der Waals surface area contributed by atoms with Crippen LogP contribution in [0.3, 0.4) is 0 Å². The van der Waals surface area contributed by atoms with Crippen molar-refractivity contribution in [1.29, 1.82) is 0 Å². The summed E-state index contributed by atoms with van der Waals surface area (Å²) in [6.45, 7) is 3.74. The van der Waals surface area contributed by atoms with Crippen molar-refractivity contribution in [3.05, 3.63) is 64.4 Å². The Morgan fingerprint density at radius 1 is 0.914 bits per heavy atom. The Morgan fingerprint density at radius 2 is 1.66 bits per heavy atom. The second kappa shape index (κ2) is 9.41. The zero-order chi connectivity index (χ0) is 23.9. The zero-order valence-electron chi connectivity index (χ0n) is 19.6. The molecule has 1 aliphatic heterocycles. The van der Waals surface area contributed by atoms with Gasteiger partial charge in [0.2, 0.25) is 0 Å². The van der Waals surface area contributed by atoms with Crippen LogP contribution in [-0.2, 0) is 0 Å². The average molecular weight is 508 g/mol. The fourth-order valence-electron chi connectivity index (χ4n) is 5.25. The first-order chi connectivity index (χ1) is 17.1. The molecule has 35 heavy (non-hydrogen) atoms. The van der Waals surface area contributed by atoms with Crippen LogP contribution in [0.4, 0.5) is 0 Å². The quantitative estimate of drug-likeness (QED) is 0.309. The van der Waals surface area contributed by atoms with Crippen molar-refractivity contribution in [3.8, 4) is 28.4 Å². The molecule has 0 unspecified atom stereocenters. The topological polar surface area (TPSA) is 55.5 Å². The predicted molar refractivity (Wildman–Crippen MR) is 139 cm³/mol. The zero-order valence-corrected chi connectivity index (χ0v) is 21.1. The fraction of sp³-hybridized carbons (Fsp3) is 0.370. The summed E-state index contributed by atoms with van der Waals surface area (Å²) in [4.78, 5) is 12.0. The minimum absolute atomic E-state index is 0.0985. The maximum atomic E-state index is 6.60. The van der Waals surface area contributed by atoms with Crippen LogP contribution in [0.1, 0.15) is 37.9 Å². The third-order valence-electron chi connectivity index (χ3n) is 7.07. The fourth-order valence-corrected chi connectivity index (χ4v) is 5.60. The molecule has 2 aliphatic rings. The van der Waals surface area contributed by atoms with Gasteiger partial charge in [-0.05, 0) is 43.5 Å². The molecule has 2 aromatic heterocycles. The van der Waals surface area contributed by atoms with Gasteiger partial charge in [0.05, 0.1) is 10.6 Å². The van der Waals surface area contributed by atoms with Crippen LogP contribution in [0, 0.1) is 6.92 Å². The summed E-state index contributed by atoms with van der Waals surface area (Å²) >= 11 is 12.8. The molecule has 0 N–H and O–H groups in total. The number of halogens is 2. The van der Waals surface area contributed by atoms with Crippen molar-refractivity contribution in [2.45, 2.75) is 51.2 Å². The Balaban J connectivity index is 1.40. The van der Waals surface area contributed by atoms with Gasteiger partial charge in [-0.3, -0.25) is 4.90 Å². The molecule has 180 valence electrons. The van der Waals surface area contributed by atoms with E-state index in [2.05, 4.69) is 9.88 Å². The number of aryl methyl sites for hydroxylation is 1. The van der Waals surface area contributed by atoms with Crippen molar-refractivity contribution >= 4 is 28.8 Å². The van der Waals surface area contributed by atoms with Gasteiger partial charge in [0.25, 0.3) is 0 Å². The first-order valence-electron chi connectivity index (χ1n) is 12.3. The molecule has 1 saturated heterocycles. The number of likely N-dealkylation sites (tertiary alicyclic amines) is 1. The van der Waals surface area contributed by atoms with Crippen LogP contribution in [0.25, 0.3) is 28.0 Å². The van der Waals surface area contributed by atoms with Gasteiger partial charge < -0.3 is 4.74 Å². The average Bonchev–Trinajstić information content (AvgIpc) is 3.21. The predicted octanol–water partition coefficient (Wildman–Crippen LogP) is 6.47. The van der Waals surface area contributed by atoms with E-state index in [1.807, 2.05) is 55.5 Å². The lowest BCUT2D eigenvalue weighted by Crippen LogP contribution is -2.58. The van der Waals surface area contributed by atoms with E-state index in [1.54, 1.807) is 4.52 Å². The van der Waals surface area contributed by atoms with Gasteiger partial charge >= 0.3 is 6.01 Å². The van der Waals surface area contributed by atoms with Crippen molar-refractivity contribution in [2.75, 3.05) is 13.1 Å². The SMILES string of the molecule is Cc1nc(OC2CN(C3CCCCC3)C2)n2nc(-c3ccccc3Cl)c(-c3ccc(Cl)cc3)c2n1. The Kier molecular flexibility index (Phi) is 6.13. The van der Waals surface area contributed by atoms with Crippen LogP contribution in [0.15, 0.2) is 48.5 Å². The molecule has 8 heteroatoms. The number of fused-ring (bicyclic) bond motifs is 1. The smallest absolute Gasteiger partial charge is 0.321 e. The third-order valence-corrected chi connectivity index (χ3v) is 7.65. The molecule has 0 radical (unpaired) electrons. The second-order valence-electron chi connectivity index (χ2n) is 9.48. The molecule has 2 aromatic carbocycles. The number of rotatable bonds is 5. The van der Waals surface area contributed by atoms with E-state index in [0.717, 1.165) is 35.5 Å². The number of hydrogen-bond donors (Lipinski definition) is 0. The van der Waals surface area contributed by atoms with Gasteiger partial charge in [0.15, 0.2) is 5.65 Å². The van der Waals surface area contributed by atoms with Gasteiger partial charge in [0, 0.05) is 29.7 Å². The molecule has 4 aromatic rings. The molecular formula is C27H27Cl2N5O. The molecule has 6 rings (SSSR count). The number of benzene rings is 2. The molecule has 1 saturated carbocycles. The molecule has 0 bridgehead atoms. The Morgan fingerprint density at radius 3 is 2.40 bits per heavy atom. The monoisotopic (exact) mass is 507 g/mol. The van der Waals surface area contributed by atoms with E-state index in [1.165, 1.54) is 32.1 Å². The highest BCUT2D eigenvalue weighted by molar-refractivity contribution is 6.33. The Labute approximate surface area is 214 Å². The molecular weight excluding hydrogens is 481 g/mol. The first-order valence-corrected chi connectivity index (χ1v) is 13.0. The van der Waals surface area contributed by atoms with Crippen LogP contribution >= 0.6 is 23.2 Å². The second-order valence-corrected chi connectivity index (χ2v) is 10.3. The lowest BCUT2D eigenvalue weighted by molar-refractivity contribution is -0.0242. The largest absolute Gasteiger partial charge is 0.457 e. The summed E-state index contributed by atoms with van der Waals surface area (Å²) in [5.41, 5.74) is 4.09. The summed E-state index contributed by atoms with van der Waals surface area (Å²) in [5.74, 6) is 0.636. The minimum Gasteiger partial charge on any atom is -0.457 e. The number of nitrogens with zero attached hydrogens (tertiary/aromatic N) is 5. The lowest BCUT2D eigenvalue weighted by atomic mass is 9.92. The maximum absolute atomic E-state index is 6.60. The third kappa shape index (κ3) is 4.39. The van der Waals surface area contributed by atoms with Crippen molar-refractivity contribution < 1.29 is 4.74 Å². The highest BCUT2D eigenvalue weighted by Gasteiger charge is 2.35. The molecule has 2 fully saturated rings. The Bertz CT molecular complexity index is 1360. The Hall–Kier alpha value is -2.67. The highest BCUT2D eigenvalue weighted by Crippen LogP contribution is 2.39. The molecule has 0 spiro atoms. The summed E-state index contributed by atoms with van der Waals surface area (Å²) in [6.07, 6.45) is 6.74. The summed E-state index contributed by atoms with van der Waals surface area (Å²) in [5, 5.41) is 6.24. The van der Waals surface area contributed by atoms with Crippen molar-refractivity contribution in [2.24, 2.45) is 0 Å². The van der Waals surface area contributed by atoms with E-state index in [0.29, 0.717) is 33.6 Å². The van der Waals surface area contributed by atoms with E-state index in [-0.39, 0.29) is 6.10 Å². The lowest BCUT2D eigenvalue weighted by Gasteiger charge is -2.44. The summed E-state index contributed by atoms with van der Waals surface area (Å²) in [7, 11) is 0. The van der Waals surface area contributed by atoms with E-state index in [4.69, 9.17) is 38.0 Å². The molecule has 6 nitrogen and oxygen atoms in total. The maximum Gasteiger partial charge on any atom is 0.321 e. The summed E-state index contributed by atoms with van der Waals surface area (Å²) < 4.78 is 8.13. The van der Waals surface area contributed by atoms with Crippen molar-refractivity contribution in [3.63, 3.8) is 0 Å². The van der Waals surface area contributed by atoms with Crippen LogP contribution in [0.2, 0.25) is 10.0 Å². The summed E-state index contributed by atoms with van der Waals surface area (Å²) in [6, 6.07) is 16.6. The van der Waals surface area contributed by atoms with Gasteiger partial charge in [-0.15, -0.1) is 0 Å². The van der Waals surface area contributed by atoms with Crippen LogP contribution in [-0.4, -0.2) is 49.7 Å².